The second-order valence-electron chi connectivity index (χ2n) is 4.88. The molecule has 0 aliphatic rings. The minimum absolute atomic E-state index is 0.140. The van der Waals surface area contributed by atoms with Crippen molar-refractivity contribution in [3.8, 4) is 0 Å². The van der Waals surface area contributed by atoms with Crippen molar-refractivity contribution >= 4 is 44.9 Å². The number of unbranched alkanes of at least 4 members (excludes halogenated alkanes) is 2. The Balaban J connectivity index is 1.79. The zero-order valence-electron chi connectivity index (χ0n) is 12.4. The second kappa shape index (κ2) is 8.15. The van der Waals surface area contributed by atoms with Gasteiger partial charge in [-0.25, -0.2) is 0 Å². The van der Waals surface area contributed by atoms with E-state index in [0.29, 0.717) is 22.9 Å². The van der Waals surface area contributed by atoms with E-state index >= 15 is 0 Å². The molecule has 6 heteroatoms. The van der Waals surface area contributed by atoms with Crippen LogP contribution in [0.3, 0.4) is 0 Å². The topological polar surface area (TPSA) is 55.4 Å². The lowest BCUT2D eigenvalue weighted by atomic mass is 10.2. The Bertz CT molecular complexity index is 668. The van der Waals surface area contributed by atoms with Crippen molar-refractivity contribution in [2.24, 2.45) is 0 Å². The minimum atomic E-state index is -0.193. The Labute approximate surface area is 138 Å². The summed E-state index contributed by atoms with van der Waals surface area (Å²) in [6.45, 7) is 0.574. The normalized spacial score (nSPS) is 10.6. The number of hydrogen-bond acceptors (Lipinski definition) is 4. The molecular formula is C16H18ClNO3S. The summed E-state index contributed by atoms with van der Waals surface area (Å²) in [5, 5.41) is 4.31. The van der Waals surface area contributed by atoms with E-state index in [9.17, 15) is 9.59 Å². The van der Waals surface area contributed by atoms with Crippen molar-refractivity contribution in [2.45, 2.75) is 25.7 Å². The summed E-state index contributed by atoms with van der Waals surface area (Å²) in [5.74, 6) is -0.333. The van der Waals surface area contributed by atoms with Gasteiger partial charge in [0, 0.05) is 23.1 Å². The third-order valence-corrected chi connectivity index (χ3v) is 4.99. The molecule has 0 bridgehead atoms. The summed E-state index contributed by atoms with van der Waals surface area (Å²) in [6, 6.07) is 7.70. The van der Waals surface area contributed by atoms with Crippen molar-refractivity contribution < 1.29 is 14.3 Å². The fourth-order valence-corrected chi connectivity index (χ4v) is 3.55. The van der Waals surface area contributed by atoms with Gasteiger partial charge in [-0.05, 0) is 18.9 Å². The number of methoxy groups -OCH3 is 1. The highest BCUT2D eigenvalue weighted by molar-refractivity contribution is 7.21. The molecule has 0 fully saturated rings. The van der Waals surface area contributed by atoms with Crippen LogP contribution in [0.15, 0.2) is 24.3 Å². The van der Waals surface area contributed by atoms with Crippen LogP contribution in [-0.4, -0.2) is 25.5 Å². The molecule has 0 spiro atoms. The molecule has 0 saturated carbocycles. The summed E-state index contributed by atoms with van der Waals surface area (Å²) in [5.41, 5.74) is 0. The molecule has 0 atom stereocenters. The number of rotatable bonds is 7. The van der Waals surface area contributed by atoms with Gasteiger partial charge in [-0.3, -0.25) is 9.59 Å². The largest absolute Gasteiger partial charge is 0.469 e. The van der Waals surface area contributed by atoms with E-state index in [1.165, 1.54) is 18.4 Å². The van der Waals surface area contributed by atoms with Crippen LogP contribution in [0.1, 0.15) is 35.4 Å². The number of thiophene rings is 1. The molecule has 1 amide bonds. The zero-order chi connectivity index (χ0) is 15.9. The van der Waals surface area contributed by atoms with Crippen LogP contribution in [0.25, 0.3) is 10.1 Å². The summed E-state index contributed by atoms with van der Waals surface area (Å²) in [6.07, 6.45) is 2.89. The Morgan fingerprint density at radius 2 is 2.00 bits per heavy atom. The van der Waals surface area contributed by atoms with Gasteiger partial charge in [-0.2, -0.15) is 0 Å². The van der Waals surface area contributed by atoms with Gasteiger partial charge in [0.15, 0.2) is 0 Å². The predicted octanol–water partition coefficient (Wildman–Crippen LogP) is 4.02. The summed E-state index contributed by atoms with van der Waals surface area (Å²) >= 11 is 7.67. The van der Waals surface area contributed by atoms with Gasteiger partial charge < -0.3 is 10.1 Å². The van der Waals surface area contributed by atoms with Crippen molar-refractivity contribution in [1.82, 2.24) is 5.32 Å². The SMILES string of the molecule is COC(=O)CCCCCNC(=O)c1sc2ccccc2c1Cl. The molecule has 2 aromatic rings. The molecule has 1 aromatic carbocycles. The maximum atomic E-state index is 12.2. The van der Waals surface area contributed by atoms with E-state index in [1.807, 2.05) is 24.3 Å². The molecule has 0 aliphatic carbocycles. The molecule has 0 unspecified atom stereocenters. The minimum Gasteiger partial charge on any atom is -0.469 e. The van der Waals surface area contributed by atoms with Gasteiger partial charge in [0.2, 0.25) is 0 Å². The van der Waals surface area contributed by atoms with Crippen LogP contribution >= 0.6 is 22.9 Å². The molecule has 1 heterocycles. The molecular weight excluding hydrogens is 322 g/mol. The maximum Gasteiger partial charge on any atom is 0.305 e. The molecule has 2 rings (SSSR count). The first-order chi connectivity index (χ1) is 10.6. The lowest BCUT2D eigenvalue weighted by Crippen LogP contribution is -2.23. The van der Waals surface area contributed by atoms with Crippen LogP contribution in [0.4, 0.5) is 0 Å². The van der Waals surface area contributed by atoms with E-state index in [0.717, 1.165) is 29.3 Å². The lowest BCUT2D eigenvalue weighted by Gasteiger charge is -2.04. The first kappa shape index (κ1) is 16.8. The van der Waals surface area contributed by atoms with Crippen molar-refractivity contribution in [3.05, 3.63) is 34.2 Å². The van der Waals surface area contributed by atoms with E-state index in [-0.39, 0.29) is 11.9 Å². The summed E-state index contributed by atoms with van der Waals surface area (Å²) < 4.78 is 5.58. The average molecular weight is 340 g/mol. The van der Waals surface area contributed by atoms with Crippen LogP contribution in [0.2, 0.25) is 5.02 Å². The quantitative estimate of drug-likeness (QED) is 0.612. The third-order valence-electron chi connectivity index (χ3n) is 3.31. The molecule has 4 nitrogen and oxygen atoms in total. The number of amides is 1. The number of carbonyl (C=O) groups excluding carboxylic acids is 2. The maximum absolute atomic E-state index is 12.2. The third kappa shape index (κ3) is 4.21. The fourth-order valence-electron chi connectivity index (χ4n) is 2.12. The van der Waals surface area contributed by atoms with Gasteiger partial charge in [-0.1, -0.05) is 36.2 Å². The average Bonchev–Trinajstić information content (AvgIpc) is 2.87. The first-order valence-corrected chi connectivity index (χ1v) is 8.35. The Kier molecular flexibility index (Phi) is 6.21. The van der Waals surface area contributed by atoms with Crippen LogP contribution < -0.4 is 5.32 Å². The monoisotopic (exact) mass is 339 g/mol. The molecule has 0 saturated heterocycles. The van der Waals surface area contributed by atoms with Crippen molar-refractivity contribution in [3.63, 3.8) is 0 Å². The smallest absolute Gasteiger partial charge is 0.305 e. The highest BCUT2D eigenvalue weighted by Crippen LogP contribution is 2.34. The number of halogens is 1. The van der Waals surface area contributed by atoms with Gasteiger partial charge in [0.05, 0.1) is 12.1 Å². The van der Waals surface area contributed by atoms with Crippen LogP contribution in [0.5, 0.6) is 0 Å². The number of esters is 1. The number of hydrogen-bond donors (Lipinski definition) is 1. The molecule has 22 heavy (non-hydrogen) atoms. The summed E-state index contributed by atoms with van der Waals surface area (Å²) in [4.78, 5) is 23.7. The lowest BCUT2D eigenvalue weighted by molar-refractivity contribution is -0.140. The van der Waals surface area contributed by atoms with E-state index in [4.69, 9.17) is 11.6 Å². The number of fused-ring (bicyclic) bond motifs is 1. The fraction of sp³-hybridized carbons (Fsp3) is 0.375. The van der Waals surface area contributed by atoms with Crippen molar-refractivity contribution in [2.75, 3.05) is 13.7 Å². The highest BCUT2D eigenvalue weighted by atomic mass is 35.5. The number of ether oxygens (including phenoxy) is 1. The Morgan fingerprint density at radius 3 is 2.73 bits per heavy atom. The Morgan fingerprint density at radius 1 is 1.23 bits per heavy atom. The number of nitrogens with one attached hydrogen (secondary N) is 1. The van der Waals surface area contributed by atoms with Gasteiger partial charge >= 0.3 is 5.97 Å². The zero-order valence-corrected chi connectivity index (χ0v) is 13.9. The van der Waals surface area contributed by atoms with E-state index < -0.39 is 0 Å². The standard InChI is InChI=1S/C16H18ClNO3S/c1-21-13(19)9-3-2-6-10-18-16(20)15-14(17)11-7-4-5-8-12(11)22-15/h4-5,7-8H,2-3,6,9-10H2,1H3,(H,18,20). The first-order valence-electron chi connectivity index (χ1n) is 7.15. The predicted molar refractivity (Wildman–Crippen MR) is 89.7 cm³/mol. The molecule has 1 aromatic heterocycles. The second-order valence-corrected chi connectivity index (χ2v) is 6.31. The van der Waals surface area contributed by atoms with Crippen LogP contribution in [-0.2, 0) is 9.53 Å². The van der Waals surface area contributed by atoms with E-state index in [1.54, 1.807) is 0 Å². The number of carbonyl (C=O) groups is 2. The van der Waals surface area contributed by atoms with E-state index in [2.05, 4.69) is 10.1 Å². The molecule has 118 valence electrons. The number of benzene rings is 1. The van der Waals surface area contributed by atoms with Crippen molar-refractivity contribution in [1.29, 1.82) is 0 Å². The van der Waals surface area contributed by atoms with Gasteiger partial charge in [-0.15, -0.1) is 11.3 Å². The van der Waals surface area contributed by atoms with Crippen LogP contribution in [0, 0.1) is 0 Å². The molecule has 1 N–H and O–H groups in total. The molecule has 0 radical (unpaired) electrons. The summed E-state index contributed by atoms with van der Waals surface area (Å²) in [7, 11) is 1.39. The van der Waals surface area contributed by atoms with Gasteiger partial charge in [0.25, 0.3) is 5.91 Å². The highest BCUT2D eigenvalue weighted by Gasteiger charge is 2.16. The molecule has 0 aliphatic heterocycles. The Hall–Kier alpha value is -1.59. The van der Waals surface area contributed by atoms with Gasteiger partial charge in [0.1, 0.15) is 4.88 Å².